The average molecular weight is 231 g/mol. The lowest BCUT2D eigenvalue weighted by Crippen LogP contribution is -2.14. The number of aromatic nitrogens is 2. The van der Waals surface area contributed by atoms with Gasteiger partial charge in [-0.25, -0.2) is 9.97 Å². The molecule has 1 aromatic heterocycles. The first-order valence-corrected chi connectivity index (χ1v) is 4.46. The lowest BCUT2D eigenvalue weighted by Gasteiger charge is -2.06. The maximum absolute atomic E-state index is 5.34. The van der Waals surface area contributed by atoms with E-state index in [2.05, 4.69) is 31.2 Å². The van der Waals surface area contributed by atoms with Crippen molar-refractivity contribution in [3.05, 3.63) is 16.5 Å². The Morgan fingerprint density at radius 1 is 1.58 bits per heavy atom. The zero-order valence-corrected chi connectivity index (χ0v) is 8.43. The van der Waals surface area contributed by atoms with Gasteiger partial charge in [-0.15, -0.1) is 0 Å². The van der Waals surface area contributed by atoms with E-state index in [1.807, 2.05) is 6.92 Å². The Kier molecular flexibility index (Phi) is 3.43. The lowest BCUT2D eigenvalue weighted by molar-refractivity contribution is 0.991. The number of hydrogen-bond acceptors (Lipinski definition) is 4. The monoisotopic (exact) mass is 230 g/mol. The van der Waals surface area contributed by atoms with E-state index < -0.39 is 0 Å². The highest BCUT2D eigenvalue weighted by atomic mass is 79.9. The third-order valence-corrected chi connectivity index (χ3v) is 2.35. The molecule has 5 heteroatoms. The van der Waals surface area contributed by atoms with Crippen molar-refractivity contribution in [3.8, 4) is 0 Å². The highest BCUT2D eigenvalue weighted by Crippen LogP contribution is 2.20. The molecule has 1 aromatic rings. The maximum atomic E-state index is 5.34. The summed E-state index contributed by atoms with van der Waals surface area (Å²) in [4.78, 5) is 8.07. The molecule has 1 rings (SSSR count). The van der Waals surface area contributed by atoms with Crippen molar-refractivity contribution in [1.82, 2.24) is 9.97 Å². The van der Waals surface area contributed by atoms with Crippen molar-refractivity contribution in [2.24, 2.45) is 5.73 Å². The average Bonchev–Trinajstić information content (AvgIpc) is 2.08. The fourth-order valence-electron chi connectivity index (χ4n) is 0.772. The molecule has 1 heterocycles. The van der Waals surface area contributed by atoms with Crippen molar-refractivity contribution >= 4 is 21.7 Å². The fraction of sp³-hybridized carbons (Fsp3) is 0.429. The third kappa shape index (κ3) is 2.15. The van der Waals surface area contributed by atoms with E-state index in [0.29, 0.717) is 6.54 Å². The summed E-state index contributed by atoms with van der Waals surface area (Å²) in [5, 5.41) is 3.08. The second kappa shape index (κ2) is 4.37. The molecule has 0 aliphatic rings. The molecule has 0 saturated carbocycles. The van der Waals surface area contributed by atoms with Gasteiger partial charge in [0, 0.05) is 13.1 Å². The Morgan fingerprint density at radius 3 is 3.00 bits per heavy atom. The van der Waals surface area contributed by atoms with Crippen molar-refractivity contribution < 1.29 is 0 Å². The number of nitrogens with two attached hydrogens (primary N) is 1. The van der Waals surface area contributed by atoms with Gasteiger partial charge in [-0.05, 0) is 22.9 Å². The number of halogens is 1. The van der Waals surface area contributed by atoms with Crippen LogP contribution in [0.15, 0.2) is 10.8 Å². The predicted octanol–water partition coefficient (Wildman–Crippen LogP) is 0.918. The third-order valence-electron chi connectivity index (χ3n) is 1.40. The molecule has 66 valence electrons. The van der Waals surface area contributed by atoms with Gasteiger partial charge >= 0.3 is 0 Å². The lowest BCUT2D eigenvalue weighted by atomic mass is 10.4. The highest BCUT2D eigenvalue weighted by Gasteiger charge is 2.02. The first-order chi connectivity index (χ1) is 5.75. The summed E-state index contributed by atoms with van der Waals surface area (Å²) in [5.74, 6) is 0.799. The van der Waals surface area contributed by atoms with Crippen molar-refractivity contribution in [2.45, 2.75) is 6.92 Å². The summed E-state index contributed by atoms with van der Waals surface area (Å²) in [5.41, 5.74) is 6.26. The quantitative estimate of drug-likeness (QED) is 0.811. The van der Waals surface area contributed by atoms with Crippen LogP contribution in [0.3, 0.4) is 0 Å². The molecule has 0 atom stereocenters. The SMILES string of the molecule is Cc1ncnc(NCCN)c1Br. The second-order valence-corrected chi connectivity index (χ2v) is 3.13. The Morgan fingerprint density at radius 2 is 2.33 bits per heavy atom. The number of nitrogens with zero attached hydrogens (tertiary/aromatic N) is 2. The fourth-order valence-corrected chi connectivity index (χ4v) is 1.12. The van der Waals surface area contributed by atoms with E-state index in [1.165, 1.54) is 6.33 Å². The van der Waals surface area contributed by atoms with Crippen LogP contribution in [-0.4, -0.2) is 23.1 Å². The molecule has 4 nitrogen and oxygen atoms in total. The maximum Gasteiger partial charge on any atom is 0.144 e. The summed E-state index contributed by atoms with van der Waals surface area (Å²) >= 11 is 3.38. The van der Waals surface area contributed by atoms with E-state index >= 15 is 0 Å². The van der Waals surface area contributed by atoms with E-state index in [1.54, 1.807) is 0 Å². The van der Waals surface area contributed by atoms with Crippen LogP contribution in [-0.2, 0) is 0 Å². The second-order valence-electron chi connectivity index (χ2n) is 2.34. The Balaban J connectivity index is 2.78. The van der Waals surface area contributed by atoms with Crippen LogP contribution in [0.25, 0.3) is 0 Å². The minimum absolute atomic E-state index is 0.593. The van der Waals surface area contributed by atoms with Gasteiger partial charge in [-0.1, -0.05) is 0 Å². The Bertz CT molecular complexity index is 264. The summed E-state index contributed by atoms with van der Waals surface area (Å²) in [7, 11) is 0. The van der Waals surface area contributed by atoms with Gasteiger partial charge in [-0.2, -0.15) is 0 Å². The standard InChI is InChI=1S/C7H11BrN4/c1-5-6(8)7(10-3-2-9)12-4-11-5/h4H,2-3,9H2,1H3,(H,10,11,12). The topological polar surface area (TPSA) is 63.8 Å². The van der Waals surface area contributed by atoms with E-state index in [-0.39, 0.29) is 0 Å². The van der Waals surface area contributed by atoms with Gasteiger partial charge in [0.05, 0.1) is 10.2 Å². The zero-order valence-electron chi connectivity index (χ0n) is 6.84. The van der Waals surface area contributed by atoms with Gasteiger partial charge in [0.2, 0.25) is 0 Å². The molecule has 0 amide bonds. The molecule has 0 spiro atoms. The molecule has 0 radical (unpaired) electrons. The van der Waals surface area contributed by atoms with Crippen LogP contribution in [0.2, 0.25) is 0 Å². The number of nitrogens with one attached hydrogen (secondary N) is 1. The van der Waals surface area contributed by atoms with E-state index in [9.17, 15) is 0 Å². The van der Waals surface area contributed by atoms with E-state index in [4.69, 9.17) is 5.73 Å². The van der Waals surface area contributed by atoms with Crippen LogP contribution in [0, 0.1) is 6.92 Å². The Hall–Kier alpha value is -0.680. The molecule has 0 aliphatic carbocycles. The normalized spacial score (nSPS) is 9.92. The molecule has 12 heavy (non-hydrogen) atoms. The van der Waals surface area contributed by atoms with Crippen LogP contribution < -0.4 is 11.1 Å². The molecule has 0 aliphatic heterocycles. The summed E-state index contributed by atoms with van der Waals surface area (Å²) < 4.78 is 0.901. The summed E-state index contributed by atoms with van der Waals surface area (Å²) in [6.45, 7) is 3.23. The van der Waals surface area contributed by atoms with Crippen LogP contribution in [0.1, 0.15) is 5.69 Å². The molecule has 3 N–H and O–H groups in total. The first-order valence-electron chi connectivity index (χ1n) is 3.66. The minimum atomic E-state index is 0.593. The first kappa shape index (κ1) is 9.41. The van der Waals surface area contributed by atoms with E-state index in [0.717, 1.165) is 22.5 Å². The van der Waals surface area contributed by atoms with Gasteiger partial charge in [-0.3, -0.25) is 0 Å². The number of anilines is 1. The van der Waals surface area contributed by atoms with Crippen LogP contribution >= 0.6 is 15.9 Å². The van der Waals surface area contributed by atoms with Gasteiger partial charge in [0.15, 0.2) is 0 Å². The highest BCUT2D eigenvalue weighted by molar-refractivity contribution is 9.10. The van der Waals surface area contributed by atoms with Crippen LogP contribution in [0.4, 0.5) is 5.82 Å². The molecular formula is C7H11BrN4. The van der Waals surface area contributed by atoms with Crippen LogP contribution in [0.5, 0.6) is 0 Å². The summed E-state index contributed by atoms with van der Waals surface area (Å²) in [6, 6.07) is 0. The number of hydrogen-bond donors (Lipinski definition) is 2. The molecule has 0 fully saturated rings. The minimum Gasteiger partial charge on any atom is -0.368 e. The molecule has 0 bridgehead atoms. The van der Waals surface area contributed by atoms with Gasteiger partial charge in [0.1, 0.15) is 12.1 Å². The number of aryl methyl sites for hydroxylation is 1. The largest absolute Gasteiger partial charge is 0.368 e. The van der Waals surface area contributed by atoms with Crippen molar-refractivity contribution in [1.29, 1.82) is 0 Å². The summed E-state index contributed by atoms with van der Waals surface area (Å²) in [6.07, 6.45) is 1.53. The molecule has 0 unspecified atom stereocenters. The molecule has 0 aromatic carbocycles. The predicted molar refractivity (Wildman–Crippen MR) is 52.0 cm³/mol. The zero-order chi connectivity index (χ0) is 8.97. The Labute approximate surface area is 79.7 Å². The van der Waals surface area contributed by atoms with Crippen molar-refractivity contribution in [2.75, 3.05) is 18.4 Å². The van der Waals surface area contributed by atoms with Gasteiger partial charge in [0.25, 0.3) is 0 Å². The van der Waals surface area contributed by atoms with Crippen molar-refractivity contribution in [3.63, 3.8) is 0 Å². The smallest absolute Gasteiger partial charge is 0.144 e. The molecular weight excluding hydrogens is 220 g/mol. The van der Waals surface area contributed by atoms with Gasteiger partial charge < -0.3 is 11.1 Å². The molecule has 0 saturated heterocycles. The number of rotatable bonds is 3.